The van der Waals surface area contributed by atoms with Gasteiger partial charge < -0.3 is 5.73 Å². The molecule has 0 aromatic carbocycles. The fourth-order valence-corrected chi connectivity index (χ4v) is 2.45. The molecule has 3 heteroatoms. The standard InChI is InChI=1S/C6H12OS.CH5N/c1-6-2-4-8(7)5-3-6;1-2/h6H,2-5H2,1H3;2H2,1H3. The topological polar surface area (TPSA) is 43.1 Å². The Bertz CT molecular complexity index is 95.8. The van der Waals surface area contributed by atoms with Gasteiger partial charge >= 0.3 is 0 Å². The van der Waals surface area contributed by atoms with Crippen LogP contribution in [0.1, 0.15) is 19.8 Å². The van der Waals surface area contributed by atoms with Crippen LogP contribution in [0.4, 0.5) is 0 Å². The van der Waals surface area contributed by atoms with Gasteiger partial charge in [-0.05, 0) is 25.8 Å². The van der Waals surface area contributed by atoms with E-state index in [1.165, 1.54) is 19.9 Å². The van der Waals surface area contributed by atoms with E-state index in [1.54, 1.807) is 0 Å². The summed E-state index contributed by atoms with van der Waals surface area (Å²) in [5, 5.41) is 0. The van der Waals surface area contributed by atoms with Crippen LogP contribution in [-0.2, 0) is 10.8 Å². The van der Waals surface area contributed by atoms with Crippen molar-refractivity contribution < 1.29 is 4.21 Å². The second-order valence-corrected chi connectivity index (χ2v) is 4.23. The van der Waals surface area contributed by atoms with Gasteiger partial charge in [-0.15, -0.1) is 0 Å². The van der Waals surface area contributed by atoms with Crippen molar-refractivity contribution in [2.45, 2.75) is 19.8 Å². The molecule has 0 aromatic rings. The third-order valence-electron chi connectivity index (χ3n) is 1.68. The predicted molar refractivity (Wildman–Crippen MR) is 46.4 cm³/mol. The normalized spacial score (nSPS) is 32.3. The molecule has 2 nitrogen and oxygen atoms in total. The lowest BCUT2D eigenvalue weighted by molar-refractivity contribution is 0.526. The number of hydrogen-bond donors (Lipinski definition) is 1. The third kappa shape index (κ3) is 4.01. The average Bonchev–Trinajstić information content (AvgIpc) is 2.00. The van der Waals surface area contributed by atoms with Gasteiger partial charge in [0.25, 0.3) is 0 Å². The van der Waals surface area contributed by atoms with Gasteiger partial charge in [-0.2, -0.15) is 0 Å². The van der Waals surface area contributed by atoms with E-state index < -0.39 is 10.8 Å². The van der Waals surface area contributed by atoms with Crippen molar-refractivity contribution in [1.29, 1.82) is 0 Å². The molecule has 0 radical (unpaired) electrons. The lowest BCUT2D eigenvalue weighted by atomic mass is 10.1. The molecule has 1 aliphatic rings. The van der Waals surface area contributed by atoms with E-state index in [9.17, 15) is 4.21 Å². The minimum atomic E-state index is -0.461. The fraction of sp³-hybridized carbons (Fsp3) is 1.00. The van der Waals surface area contributed by atoms with E-state index in [-0.39, 0.29) is 0 Å². The molecule has 1 heterocycles. The number of rotatable bonds is 0. The molecular weight excluding hydrogens is 146 g/mol. The largest absolute Gasteiger partial charge is 0.333 e. The molecular formula is C7H17NOS. The van der Waals surface area contributed by atoms with E-state index in [2.05, 4.69) is 12.7 Å². The van der Waals surface area contributed by atoms with E-state index in [1.807, 2.05) is 0 Å². The van der Waals surface area contributed by atoms with E-state index in [4.69, 9.17) is 0 Å². The van der Waals surface area contributed by atoms with Gasteiger partial charge in [0, 0.05) is 22.3 Å². The maximum absolute atomic E-state index is 10.7. The van der Waals surface area contributed by atoms with Gasteiger partial charge in [-0.1, -0.05) is 6.92 Å². The van der Waals surface area contributed by atoms with Crippen molar-refractivity contribution in [2.75, 3.05) is 18.6 Å². The van der Waals surface area contributed by atoms with Crippen LogP contribution in [0.5, 0.6) is 0 Å². The molecule has 10 heavy (non-hydrogen) atoms. The van der Waals surface area contributed by atoms with Crippen molar-refractivity contribution in [1.82, 2.24) is 0 Å². The van der Waals surface area contributed by atoms with Crippen LogP contribution in [0.25, 0.3) is 0 Å². The monoisotopic (exact) mass is 163 g/mol. The van der Waals surface area contributed by atoms with Gasteiger partial charge in [-0.3, -0.25) is 4.21 Å². The quantitative estimate of drug-likeness (QED) is 0.572. The van der Waals surface area contributed by atoms with E-state index >= 15 is 0 Å². The predicted octanol–water partition coefficient (Wildman–Crippen LogP) is 0.740. The highest BCUT2D eigenvalue weighted by Gasteiger charge is 2.12. The molecule has 1 rings (SSSR count). The molecule has 1 saturated heterocycles. The zero-order valence-electron chi connectivity index (χ0n) is 6.80. The summed E-state index contributed by atoms with van der Waals surface area (Å²) in [6.07, 6.45) is 2.35. The highest BCUT2D eigenvalue weighted by Crippen LogP contribution is 2.14. The minimum absolute atomic E-state index is 0.461. The van der Waals surface area contributed by atoms with Crippen LogP contribution in [-0.4, -0.2) is 22.8 Å². The van der Waals surface area contributed by atoms with Gasteiger partial charge in [0.2, 0.25) is 0 Å². The Morgan fingerprint density at radius 2 is 1.70 bits per heavy atom. The molecule has 0 atom stereocenters. The molecule has 0 aromatic heterocycles. The second kappa shape index (κ2) is 5.86. The van der Waals surface area contributed by atoms with Crippen LogP contribution in [0.15, 0.2) is 0 Å². The van der Waals surface area contributed by atoms with Crippen LogP contribution in [0.3, 0.4) is 0 Å². The van der Waals surface area contributed by atoms with Crippen molar-refractivity contribution in [3.05, 3.63) is 0 Å². The number of nitrogens with two attached hydrogens (primary N) is 1. The Morgan fingerprint density at radius 1 is 1.30 bits per heavy atom. The molecule has 0 unspecified atom stereocenters. The molecule has 1 aliphatic heterocycles. The first-order chi connectivity index (χ1) is 4.79. The van der Waals surface area contributed by atoms with Gasteiger partial charge in [0.15, 0.2) is 0 Å². The summed E-state index contributed by atoms with van der Waals surface area (Å²) in [6, 6.07) is 0. The van der Waals surface area contributed by atoms with Crippen LogP contribution >= 0.6 is 0 Å². The molecule has 0 aliphatic carbocycles. The molecule has 0 saturated carbocycles. The zero-order valence-corrected chi connectivity index (χ0v) is 7.62. The van der Waals surface area contributed by atoms with Gasteiger partial charge in [-0.25, -0.2) is 0 Å². The third-order valence-corrected chi connectivity index (χ3v) is 3.06. The molecule has 1 fully saturated rings. The highest BCUT2D eigenvalue weighted by atomic mass is 32.2. The second-order valence-electron chi connectivity index (χ2n) is 2.53. The lowest BCUT2D eigenvalue weighted by Crippen LogP contribution is -2.15. The molecule has 0 amide bonds. The summed E-state index contributed by atoms with van der Waals surface area (Å²) in [4.78, 5) is 0. The Balaban J connectivity index is 0.000000371. The highest BCUT2D eigenvalue weighted by molar-refractivity contribution is 7.85. The Morgan fingerprint density at radius 3 is 2.00 bits per heavy atom. The van der Waals surface area contributed by atoms with Crippen molar-refractivity contribution in [3.63, 3.8) is 0 Å². The Labute approximate surface area is 65.6 Å². The summed E-state index contributed by atoms with van der Waals surface area (Å²) >= 11 is 0. The minimum Gasteiger partial charge on any atom is -0.333 e. The smallest absolute Gasteiger partial charge is 0.0237 e. The van der Waals surface area contributed by atoms with Crippen LogP contribution < -0.4 is 5.73 Å². The summed E-state index contributed by atoms with van der Waals surface area (Å²) < 4.78 is 10.7. The fourth-order valence-electron chi connectivity index (χ4n) is 0.912. The lowest BCUT2D eigenvalue weighted by Gasteiger charge is -2.15. The van der Waals surface area contributed by atoms with Crippen molar-refractivity contribution in [2.24, 2.45) is 11.7 Å². The van der Waals surface area contributed by atoms with E-state index in [0.29, 0.717) is 0 Å². The summed E-state index contributed by atoms with van der Waals surface area (Å²) in [5.41, 5.74) is 4.50. The Hall–Kier alpha value is 0.110. The average molecular weight is 163 g/mol. The van der Waals surface area contributed by atoms with Crippen LogP contribution in [0.2, 0.25) is 0 Å². The maximum atomic E-state index is 10.7. The van der Waals surface area contributed by atoms with Crippen LogP contribution in [0, 0.1) is 5.92 Å². The van der Waals surface area contributed by atoms with Gasteiger partial charge in [0.1, 0.15) is 0 Å². The zero-order chi connectivity index (χ0) is 7.98. The van der Waals surface area contributed by atoms with E-state index in [0.717, 1.165) is 17.4 Å². The molecule has 0 spiro atoms. The first kappa shape index (κ1) is 10.1. The first-order valence-corrected chi connectivity index (χ1v) is 5.20. The van der Waals surface area contributed by atoms with Crippen molar-refractivity contribution >= 4 is 10.8 Å². The SMILES string of the molecule is CC1CCS(=O)CC1.CN. The number of hydrogen-bond acceptors (Lipinski definition) is 2. The summed E-state index contributed by atoms with van der Waals surface area (Å²) in [7, 11) is 1.04. The summed E-state index contributed by atoms with van der Waals surface area (Å²) in [6.45, 7) is 2.23. The molecule has 62 valence electrons. The molecule has 0 bridgehead atoms. The summed E-state index contributed by atoms with van der Waals surface area (Å²) in [5.74, 6) is 2.72. The van der Waals surface area contributed by atoms with Gasteiger partial charge in [0.05, 0.1) is 0 Å². The maximum Gasteiger partial charge on any atom is 0.0237 e. The Kier molecular flexibility index (Phi) is 5.93. The van der Waals surface area contributed by atoms with Crippen molar-refractivity contribution in [3.8, 4) is 0 Å². The molecule has 2 N–H and O–H groups in total. The first-order valence-electron chi connectivity index (χ1n) is 3.72.